The van der Waals surface area contributed by atoms with Crippen molar-refractivity contribution >= 4 is 0 Å². The summed E-state index contributed by atoms with van der Waals surface area (Å²) in [4.78, 5) is 0. The fourth-order valence-electron chi connectivity index (χ4n) is 9.06. The number of fused-ring (bicyclic) bond motifs is 1. The highest BCUT2D eigenvalue weighted by Gasteiger charge is 2.43. The maximum absolute atomic E-state index is 2.62. The molecule has 4 fully saturated rings. The fourth-order valence-corrected chi connectivity index (χ4v) is 9.06. The SMILES string of the molecule is CC(C)C1CC(C(C)C(C)CC2CCC(C)C(C)C2)CC2CCCC21.CC1CCC(C(C)C)C1.CCC. The first kappa shape index (κ1) is 33.2. The zero-order valence-corrected chi connectivity index (χ0v) is 27.7. The highest BCUT2D eigenvalue weighted by molar-refractivity contribution is 4.93. The lowest BCUT2D eigenvalue weighted by molar-refractivity contribution is 0.0489. The lowest BCUT2D eigenvalue weighted by atomic mass is 9.61. The summed E-state index contributed by atoms with van der Waals surface area (Å²) in [5.74, 6) is 12.9. The molecule has 0 N–H and O–H groups in total. The average molecular weight is 517 g/mol. The Morgan fingerprint density at radius 3 is 1.81 bits per heavy atom. The third-order valence-electron chi connectivity index (χ3n) is 12.0. The first-order valence-electron chi connectivity index (χ1n) is 17.5. The summed E-state index contributed by atoms with van der Waals surface area (Å²) in [7, 11) is 0. The molecule has 0 saturated heterocycles. The molecule has 0 spiro atoms. The zero-order chi connectivity index (χ0) is 27.7. The Hall–Kier alpha value is 0. The van der Waals surface area contributed by atoms with E-state index in [-0.39, 0.29) is 0 Å². The smallest absolute Gasteiger partial charge is 0.0355 e. The van der Waals surface area contributed by atoms with Gasteiger partial charge in [0.25, 0.3) is 0 Å². The Labute approximate surface area is 236 Å². The maximum atomic E-state index is 2.62. The monoisotopic (exact) mass is 517 g/mol. The van der Waals surface area contributed by atoms with E-state index in [1.807, 2.05) is 0 Å². The van der Waals surface area contributed by atoms with Crippen LogP contribution in [0.3, 0.4) is 0 Å². The van der Waals surface area contributed by atoms with Crippen LogP contribution in [-0.4, -0.2) is 0 Å². The van der Waals surface area contributed by atoms with Crippen molar-refractivity contribution in [3.8, 4) is 0 Å². The second-order valence-corrected chi connectivity index (χ2v) is 15.8. The molecule has 0 aromatic heterocycles. The molecule has 0 radical (unpaired) electrons. The second kappa shape index (κ2) is 16.3. The van der Waals surface area contributed by atoms with E-state index in [9.17, 15) is 0 Å². The van der Waals surface area contributed by atoms with E-state index in [1.165, 1.54) is 57.8 Å². The van der Waals surface area contributed by atoms with Crippen molar-refractivity contribution in [1.82, 2.24) is 0 Å². The molecule has 0 aliphatic heterocycles. The molecule has 0 heterocycles. The first-order chi connectivity index (χ1) is 17.5. The molecular formula is C37H72. The van der Waals surface area contributed by atoms with Crippen LogP contribution >= 0.6 is 0 Å². The quantitative estimate of drug-likeness (QED) is 0.329. The van der Waals surface area contributed by atoms with Gasteiger partial charge in [-0.15, -0.1) is 0 Å². The van der Waals surface area contributed by atoms with Crippen molar-refractivity contribution in [2.75, 3.05) is 0 Å². The lowest BCUT2D eigenvalue weighted by Gasteiger charge is -2.45. The predicted molar refractivity (Wildman–Crippen MR) is 168 cm³/mol. The van der Waals surface area contributed by atoms with Gasteiger partial charge in [-0.25, -0.2) is 0 Å². The minimum Gasteiger partial charge on any atom is -0.0656 e. The van der Waals surface area contributed by atoms with Gasteiger partial charge in [0.15, 0.2) is 0 Å². The Morgan fingerprint density at radius 1 is 0.622 bits per heavy atom. The van der Waals surface area contributed by atoms with Crippen LogP contribution < -0.4 is 0 Å². The summed E-state index contributed by atoms with van der Waals surface area (Å²) < 4.78 is 0. The molecule has 0 bridgehead atoms. The predicted octanol–water partition coefficient (Wildman–Crippen LogP) is 12.3. The summed E-state index contributed by atoms with van der Waals surface area (Å²) in [6, 6.07) is 0. The third kappa shape index (κ3) is 10.2. The van der Waals surface area contributed by atoms with E-state index in [1.54, 1.807) is 25.7 Å². The van der Waals surface area contributed by atoms with Gasteiger partial charge >= 0.3 is 0 Å². The summed E-state index contributed by atoms with van der Waals surface area (Å²) in [6.45, 7) is 26.5. The Kier molecular flexibility index (Phi) is 14.6. The van der Waals surface area contributed by atoms with Crippen LogP contribution in [0.2, 0.25) is 0 Å². The van der Waals surface area contributed by atoms with Crippen molar-refractivity contribution in [3.05, 3.63) is 0 Å². The van der Waals surface area contributed by atoms with E-state index < -0.39 is 0 Å². The minimum atomic E-state index is 0.900. The Bertz CT molecular complexity index is 589. The largest absolute Gasteiger partial charge is 0.0656 e. The van der Waals surface area contributed by atoms with Gasteiger partial charge < -0.3 is 0 Å². The van der Waals surface area contributed by atoms with E-state index in [0.717, 1.165) is 76.9 Å². The van der Waals surface area contributed by atoms with Gasteiger partial charge in [-0.2, -0.15) is 0 Å². The topological polar surface area (TPSA) is 0 Å². The van der Waals surface area contributed by atoms with E-state index >= 15 is 0 Å². The number of hydrogen-bond acceptors (Lipinski definition) is 0. The molecule has 4 saturated carbocycles. The maximum Gasteiger partial charge on any atom is -0.0355 e. The molecule has 11 unspecified atom stereocenters. The molecule has 0 aromatic carbocycles. The molecule has 0 amide bonds. The van der Waals surface area contributed by atoms with Gasteiger partial charge in [0, 0.05) is 0 Å². The Morgan fingerprint density at radius 2 is 1.30 bits per heavy atom. The van der Waals surface area contributed by atoms with Crippen LogP contribution in [0, 0.1) is 76.9 Å². The molecule has 4 rings (SSSR count). The summed E-state index contributed by atoms with van der Waals surface area (Å²) in [5, 5.41) is 0. The van der Waals surface area contributed by atoms with Gasteiger partial charge in [-0.05, 0) is 122 Å². The van der Waals surface area contributed by atoms with E-state index in [4.69, 9.17) is 0 Å². The first-order valence-corrected chi connectivity index (χ1v) is 17.5. The molecule has 4 aliphatic carbocycles. The van der Waals surface area contributed by atoms with Crippen molar-refractivity contribution < 1.29 is 0 Å². The van der Waals surface area contributed by atoms with Crippen LogP contribution in [0.4, 0.5) is 0 Å². The van der Waals surface area contributed by atoms with Crippen molar-refractivity contribution in [2.24, 2.45) is 76.9 Å². The molecule has 37 heavy (non-hydrogen) atoms. The molecule has 0 heteroatoms. The van der Waals surface area contributed by atoms with Crippen molar-refractivity contribution in [2.45, 2.75) is 160 Å². The van der Waals surface area contributed by atoms with Crippen LogP contribution in [0.1, 0.15) is 160 Å². The van der Waals surface area contributed by atoms with Gasteiger partial charge in [0.1, 0.15) is 0 Å². The highest BCUT2D eigenvalue weighted by Crippen LogP contribution is 2.52. The molecule has 0 aromatic rings. The second-order valence-electron chi connectivity index (χ2n) is 15.8. The summed E-state index contributed by atoms with van der Waals surface area (Å²) in [5.41, 5.74) is 0. The highest BCUT2D eigenvalue weighted by atomic mass is 14.5. The van der Waals surface area contributed by atoms with Gasteiger partial charge in [0.05, 0.1) is 0 Å². The average Bonchev–Trinajstić information content (AvgIpc) is 3.50. The molecule has 0 nitrogen and oxygen atoms in total. The molecule has 11 atom stereocenters. The Balaban J connectivity index is 0.000000333. The van der Waals surface area contributed by atoms with Crippen LogP contribution in [0.5, 0.6) is 0 Å². The van der Waals surface area contributed by atoms with Gasteiger partial charge in [-0.1, -0.05) is 115 Å². The lowest BCUT2D eigenvalue weighted by Crippen LogP contribution is -2.36. The zero-order valence-electron chi connectivity index (χ0n) is 27.7. The van der Waals surface area contributed by atoms with Crippen LogP contribution in [-0.2, 0) is 0 Å². The summed E-state index contributed by atoms with van der Waals surface area (Å²) in [6.07, 6.45) is 19.4. The summed E-state index contributed by atoms with van der Waals surface area (Å²) >= 11 is 0. The standard InChI is InChI=1S/C25H46.C9H18.C3H8/c1-16(2)25-15-23(14-22-8-7-9-24(22)25)20(6)19(5)13-21-11-10-17(3)18(4)12-21;1-7(2)9-5-4-8(3)6-9;1-3-2/h16-25H,7-15H2,1-6H3;7-9H,4-6H2,1-3H3;3H2,1-2H3. The third-order valence-corrected chi connectivity index (χ3v) is 12.0. The normalized spacial score (nSPS) is 39.3. The van der Waals surface area contributed by atoms with Gasteiger partial charge in [0.2, 0.25) is 0 Å². The number of rotatable bonds is 6. The van der Waals surface area contributed by atoms with Crippen molar-refractivity contribution in [1.29, 1.82) is 0 Å². The van der Waals surface area contributed by atoms with Crippen LogP contribution in [0.25, 0.3) is 0 Å². The fraction of sp³-hybridized carbons (Fsp3) is 1.00. The van der Waals surface area contributed by atoms with E-state index in [2.05, 4.69) is 76.2 Å². The van der Waals surface area contributed by atoms with E-state index in [0.29, 0.717) is 0 Å². The number of hydrogen-bond donors (Lipinski definition) is 0. The molecule has 220 valence electrons. The minimum absolute atomic E-state index is 0.900. The molecule has 4 aliphatic rings. The van der Waals surface area contributed by atoms with Crippen LogP contribution in [0.15, 0.2) is 0 Å². The van der Waals surface area contributed by atoms with Crippen molar-refractivity contribution in [3.63, 3.8) is 0 Å². The molecular weight excluding hydrogens is 444 g/mol. The van der Waals surface area contributed by atoms with Gasteiger partial charge in [-0.3, -0.25) is 0 Å².